The number of hydrogen-bond donors (Lipinski definition) is 1. The summed E-state index contributed by atoms with van der Waals surface area (Å²) in [6.45, 7) is 3.63. The van der Waals surface area contributed by atoms with Gasteiger partial charge in [0.1, 0.15) is 11.5 Å². The lowest BCUT2D eigenvalue weighted by Gasteiger charge is -2.25. The van der Waals surface area contributed by atoms with E-state index in [0.29, 0.717) is 45.0 Å². The van der Waals surface area contributed by atoms with E-state index in [-0.39, 0.29) is 23.5 Å². The van der Waals surface area contributed by atoms with Crippen molar-refractivity contribution < 1.29 is 19.4 Å². The Morgan fingerprint density at radius 1 is 1.37 bits per heavy atom. The summed E-state index contributed by atoms with van der Waals surface area (Å²) in [5.74, 6) is 0.104. The third-order valence-corrected chi connectivity index (χ3v) is 8.00. The molecule has 0 bridgehead atoms. The molecule has 1 aliphatic heterocycles. The second kappa shape index (κ2) is 10.5. The van der Waals surface area contributed by atoms with Crippen molar-refractivity contribution in [2.24, 2.45) is 4.99 Å². The van der Waals surface area contributed by atoms with Gasteiger partial charge in [-0.25, -0.2) is 9.79 Å². The van der Waals surface area contributed by atoms with Gasteiger partial charge in [-0.3, -0.25) is 9.36 Å². The van der Waals surface area contributed by atoms with Crippen LogP contribution in [0.5, 0.6) is 11.5 Å². The lowest BCUT2D eigenvalue weighted by Crippen LogP contribution is -2.40. The molecule has 4 rings (SSSR count). The number of carbonyl (C=O) groups is 1. The predicted molar refractivity (Wildman–Crippen MR) is 147 cm³/mol. The zero-order chi connectivity index (χ0) is 25.4. The minimum atomic E-state index is -0.761. The van der Waals surface area contributed by atoms with E-state index in [2.05, 4.69) is 20.9 Å². The van der Waals surface area contributed by atoms with Crippen LogP contribution in [0, 0.1) is 3.57 Å². The molecule has 0 aliphatic carbocycles. The maximum Gasteiger partial charge on any atom is 0.338 e. The van der Waals surface area contributed by atoms with Crippen LogP contribution in [0.25, 0.3) is 6.08 Å². The van der Waals surface area contributed by atoms with Gasteiger partial charge in [-0.05, 0) is 88.3 Å². The fourth-order valence-electron chi connectivity index (χ4n) is 3.80. The maximum atomic E-state index is 13.7. The van der Waals surface area contributed by atoms with Crippen molar-refractivity contribution in [2.75, 3.05) is 13.7 Å². The van der Waals surface area contributed by atoms with Crippen LogP contribution in [0.2, 0.25) is 5.02 Å². The zero-order valence-electron chi connectivity index (χ0n) is 18.8. The van der Waals surface area contributed by atoms with Gasteiger partial charge in [0.25, 0.3) is 5.56 Å². The van der Waals surface area contributed by atoms with Gasteiger partial charge < -0.3 is 14.6 Å². The average Bonchev–Trinajstić information content (AvgIpc) is 3.10. The van der Waals surface area contributed by atoms with Crippen LogP contribution in [-0.2, 0) is 9.53 Å². The van der Waals surface area contributed by atoms with E-state index >= 15 is 0 Å². The molecule has 7 nitrogen and oxygen atoms in total. The molecule has 1 N–H and O–H groups in total. The molecular formula is C24H19BrClIN2O5S. The molecule has 2 aromatic carbocycles. The third kappa shape index (κ3) is 4.93. The Morgan fingerprint density at radius 2 is 2.11 bits per heavy atom. The minimum absolute atomic E-state index is 0.0277. The van der Waals surface area contributed by atoms with E-state index in [1.54, 1.807) is 51.3 Å². The van der Waals surface area contributed by atoms with Gasteiger partial charge in [0.15, 0.2) is 4.80 Å². The highest BCUT2D eigenvalue weighted by atomic mass is 127. The van der Waals surface area contributed by atoms with E-state index in [1.807, 2.05) is 28.7 Å². The first-order valence-electron chi connectivity index (χ1n) is 10.4. The van der Waals surface area contributed by atoms with Crippen LogP contribution in [0.3, 0.4) is 0 Å². The SMILES string of the molecule is CCOC(=O)C1=C(C)N=c2s/c(=C/c3cc(Cl)cc(I)c3O)c(=O)n2[C@H]1c1ccc(OC)c(Br)c1. The molecule has 1 aliphatic rings. The number of nitrogens with zero attached hydrogens (tertiary/aromatic N) is 2. The van der Waals surface area contributed by atoms with Crippen molar-refractivity contribution in [1.29, 1.82) is 0 Å². The lowest BCUT2D eigenvalue weighted by atomic mass is 9.96. The number of aromatic hydroxyl groups is 1. The van der Waals surface area contributed by atoms with Crippen LogP contribution in [0.1, 0.15) is 31.0 Å². The third-order valence-electron chi connectivity index (χ3n) is 5.35. The standard InChI is InChI=1S/C24H19BrClIN2O5S/c1-4-34-23(32)19-11(2)28-24-29(20(19)12-5-6-17(33-3)15(25)8-12)22(31)18(35-24)9-13-7-14(26)10-16(27)21(13)30/h5-10,20,30H,4H2,1-3H3/b18-9+/t20-/m0/s1. The number of fused-ring (bicyclic) bond motifs is 1. The summed E-state index contributed by atoms with van der Waals surface area (Å²) in [5, 5.41) is 10.9. The Bertz CT molecular complexity index is 1560. The molecule has 2 heterocycles. The molecule has 1 atom stereocenters. The van der Waals surface area contributed by atoms with E-state index in [4.69, 9.17) is 21.1 Å². The zero-order valence-corrected chi connectivity index (χ0v) is 24.1. The number of esters is 1. The summed E-state index contributed by atoms with van der Waals surface area (Å²) >= 11 is 12.8. The lowest BCUT2D eigenvalue weighted by molar-refractivity contribution is -0.139. The number of halogens is 3. The Labute approximate surface area is 231 Å². The van der Waals surface area contributed by atoms with E-state index in [0.717, 1.165) is 0 Å². The van der Waals surface area contributed by atoms with Crippen molar-refractivity contribution in [3.63, 3.8) is 0 Å². The van der Waals surface area contributed by atoms with Crippen molar-refractivity contribution in [3.05, 3.63) is 85.5 Å². The molecule has 0 spiro atoms. The molecule has 35 heavy (non-hydrogen) atoms. The number of methoxy groups -OCH3 is 1. The van der Waals surface area contributed by atoms with Gasteiger partial charge in [0.05, 0.1) is 43.6 Å². The first-order chi connectivity index (χ1) is 16.7. The van der Waals surface area contributed by atoms with Crippen molar-refractivity contribution in [2.45, 2.75) is 19.9 Å². The van der Waals surface area contributed by atoms with E-state index < -0.39 is 12.0 Å². The van der Waals surface area contributed by atoms with Crippen LogP contribution >= 0.6 is 61.5 Å². The molecule has 11 heteroatoms. The smallest absolute Gasteiger partial charge is 0.338 e. The van der Waals surface area contributed by atoms with Crippen molar-refractivity contribution in [1.82, 2.24) is 4.57 Å². The monoisotopic (exact) mass is 688 g/mol. The fraction of sp³-hybridized carbons (Fsp3) is 0.208. The molecule has 0 unspecified atom stereocenters. The summed E-state index contributed by atoms with van der Waals surface area (Å²) in [6, 6.07) is 7.83. The Kier molecular flexibility index (Phi) is 7.74. The number of ether oxygens (including phenoxy) is 2. The van der Waals surface area contributed by atoms with Crippen LogP contribution in [-0.4, -0.2) is 29.4 Å². The normalized spacial score (nSPS) is 15.6. The molecule has 1 aromatic heterocycles. The summed E-state index contributed by atoms with van der Waals surface area (Å²) < 4.78 is 13.7. The number of benzene rings is 2. The first-order valence-corrected chi connectivity index (χ1v) is 13.4. The topological polar surface area (TPSA) is 90.1 Å². The van der Waals surface area contributed by atoms with Gasteiger partial charge in [0.2, 0.25) is 0 Å². The molecule has 0 radical (unpaired) electrons. The fourth-order valence-corrected chi connectivity index (χ4v) is 6.45. The predicted octanol–water partition coefficient (Wildman–Crippen LogP) is 4.53. The number of carbonyl (C=O) groups excluding carboxylic acids is 1. The number of rotatable bonds is 5. The largest absolute Gasteiger partial charge is 0.506 e. The second-order valence-electron chi connectivity index (χ2n) is 7.52. The van der Waals surface area contributed by atoms with Gasteiger partial charge in [0, 0.05) is 10.6 Å². The summed E-state index contributed by atoms with van der Waals surface area (Å²) in [5.41, 5.74) is 1.49. The highest BCUT2D eigenvalue weighted by molar-refractivity contribution is 14.1. The number of thiazole rings is 1. The van der Waals surface area contributed by atoms with Gasteiger partial charge in [-0.2, -0.15) is 0 Å². The number of hydrogen-bond acceptors (Lipinski definition) is 7. The number of allylic oxidation sites excluding steroid dienone is 1. The Balaban J connectivity index is 1.99. The average molecular weight is 690 g/mol. The van der Waals surface area contributed by atoms with Crippen LogP contribution in [0.15, 0.2) is 55.9 Å². The van der Waals surface area contributed by atoms with Crippen LogP contribution < -0.4 is 19.6 Å². The van der Waals surface area contributed by atoms with E-state index in [1.165, 1.54) is 15.9 Å². The van der Waals surface area contributed by atoms with Gasteiger partial charge in [-0.15, -0.1) is 0 Å². The number of phenolic OH excluding ortho intramolecular Hbond substituents is 1. The second-order valence-corrected chi connectivity index (χ2v) is 11.0. The minimum Gasteiger partial charge on any atom is -0.506 e. The Morgan fingerprint density at radius 3 is 2.77 bits per heavy atom. The molecule has 0 fully saturated rings. The van der Waals surface area contributed by atoms with Crippen molar-refractivity contribution in [3.8, 4) is 11.5 Å². The summed E-state index contributed by atoms with van der Waals surface area (Å²) in [4.78, 5) is 31.7. The maximum absolute atomic E-state index is 13.7. The molecule has 0 saturated heterocycles. The Hall–Kier alpha value is -2.15. The molecule has 3 aromatic rings. The van der Waals surface area contributed by atoms with Gasteiger partial charge >= 0.3 is 5.97 Å². The quantitative estimate of drug-likeness (QED) is 0.314. The van der Waals surface area contributed by atoms with Crippen molar-refractivity contribution >= 4 is 73.5 Å². The molecule has 182 valence electrons. The van der Waals surface area contributed by atoms with E-state index in [9.17, 15) is 14.7 Å². The molecular weight excluding hydrogens is 671 g/mol. The first kappa shape index (κ1) is 25.9. The number of phenols is 1. The summed E-state index contributed by atoms with van der Waals surface area (Å²) in [6.07, 6.45) is 1.58. The highest BCUT2D eigenvalue weighted by Crippen LogP contribution is 2.35. The number of aromatic nitrogens is 1. The summed E-state index contributed by atoms with van der Waals surface area (Å²) in [7, 11) is 1.56. The molecule has 0 amide bonds. The highest BCUT2D eigenvalue weighted by Gasteiger charge is 2.33. The van der Waals surface area contributed by atoms with Gasteiger partial charge in [-0.1, -0.05) is 29.0 Å². The molecule has 0 saturated carbocycles. The van der Waals surface area contributed by atoms with Crippen LogP contribution in [0.4, 0.5) is 0 Å².